The third-order valence-corrected chi connectivity index (χ3v) is 2.65. The lowest BCUT2D eigenvalue weighted by Gasteiger charge is -2.14. The van der Waals surface area contributed by atoms with Crippen LogP contribution in [0.5, 0.6) is 0 Å². The first-order valence-electron chi connectivity index (χ1n) is 5.45. The Balaban J connectivity index is 3.58. The number of carbonyl (C=O) groups is 1. The van der Waals surface area contributed by atoms with Gasteiger partial charge in [-0.3, -0.25) is 4.79 Å². The van der Waals surface area contributed by atoms with E-state index in [0.717, 1.165) is 19.3 Å². The van der Waals surface area contributed by atoms with E-state index in [4.69, 9.17) is 0 Å². The fraction of sp³-hybridized carbons (Fsp3) is 0.917. The van der Waals surface area contributed by atoms with Crippen molar-refractivity contribution in [3.63, 3.8) is 0 Å². The fourth-order valence-electron chi connectivity index (χ4n) is 1.28. The van der Waals surface area contributed by atoms with Crippen molar-refractivity contribution in [2.24, 2.45) is 17.8 Å². The summed E-state index contributed by atoms with van der Waals surface area (Å²) in [6.45, 7) is 10.9. The van der Waals surface area contributed by atoms with E-state index in [1.54, 1.807) is 0 Å². The summed E-state index contributed by atoms with van der Waals surface area (Å²) < 4.78 is 0. The van der Waals surface area contributed by atoms with Crippen molar-refractivity contribution >= 4 is 5.78 Å². The zero-order valence-electron chi connectivity index (χ0n) is 9.76. The largest absolute Gasteiger partial charge is 0.300 e. The first-order chi connectivity index (χ1) is 5.93. The first-order valence-corrected chi connectivity index (χ1v) is 5.45. The number of hydrogen-bond donors (Lipinski definition) is 0. The molecule has 0 saturated carbocycles. The zero-order valence-corrected chi connectivity index (χ0v) is 9.76. The van der Waals surface area contributed by atoms with Crippen LogP contribution >= 0.6 is 0 Å². The van der Waals surface area contributed by atoms with Gasteiger partial charge in [-0.15, -0.1) is 0 Å². The van der Waals surface area contributed by atoms with Crippen molar-refractivity contribution in [1.82, 2.24) is 0 Å². The predicted molar refractivity (Wildman–Crippen MR) is 57.7 cm³/mol. The Kier molecular flexibility index (Phi) is 6.02. The van der Waals surface area contributed by atoms with Crippen molar-refractivity contribution in [2.45, 2.75) is 53.9 Å². The normalized spacial score (nSPS) is 13.8. The molecule has 0 aromatic heterocycles. The second kappa shape index (κ2) is 6.17. The minimum atomic E-state index is 0.433. The molecule has 78 valence electrons. The summed E-state index contributed by atoms with van der Waals surface area (Å²) in [5.74, 6) is 2.33. The van der Waals surface area contributed by atoms with Crippen LogP contribution < -0.4 is 0 Å². The Hall–Kier alpha value is -0.330. The van der Waals surface area contributed by atoms with Crippen LogP contribution in [0.4, 0.5) is 0 Å². The highest BCUT2D eigenvalue weighted by Gasteiger charge is 2.10. The molecular formula is C12H24O. The summed E-state index contributed by atoms with van der Waals surface area (Å²) in [5.41, 5.74) is 0. The third kappa shape index (κ3) is 6.80. The number of rotatable bonds is 6. The average Bonchev–Trinajstić information content (AvgIpc) is 1.98. The molecule has 0 aliphatic heterocycles. The molecule has 1 heteroatoms. The van der Waals surface area contributed by atoms with Crippen LogP contribution in [0, 0.1) is 17.8 Å². The van der Waals surface area contributed by atoms with Gasteiger partial charge < -0.3 is 0 Å². The molecule has 0 spiro atoms. The van der Waals surface area contributed by atoms with Crippen LogP contribution in [0.3, 0.4) is 0 Å². The van der Waals surface area contributed by atoms with Gasteiger partial charge in [0.15, 0.2) is 0 Å². The molecule has 1 nitrogen and oxygen atoms in total. The van der Waals surface area contributed by atoms with Crippen LogP contribution in [0.15, 0.2) is 0 Å². The molecule has 0 aromatic rings. The van der Waals surface area contributed by atoms with Crippen LogP contribution in [0.2, 0.25) is 0 Å². The van der Waals surface area contributed by atoms with Gasteiger partial charge in [0.05, 0.1) is 0 Å². The Morgan fingerprint density at radius 1 is 1.08 bits per heavy atom. The Morgan fingerprint density at radius 2 is 1.62 bits per heavy atom. The second-order valence-electron chi connectivity index (χ2n) is 4.90. The number of carbonyl (C=O) groups excluding carboxylic acids is 1. The van der Waals surface area contributed by atoms with Gasteiger partial charge in [-0.1, -0.05) is 34.6 Å². The van der Waals surface area contributed by atoms with Crippen molar-refractivity contribution in [3.05, 3.63) is 0 Å². The third-order valence-electron chi connectivity index (χ3n) is 2.65. The summed E-state index contributed by atoms with van der Waals surface area (Å²) in [5, 5.41) is 0. The molecular weight excluding hydrogens is 160 g/mol. The number of hydrogen-bond acceptors (Lipinski definition) is 1. The molecule has 13 heavy (non-hydrogen) atoms. The highest BCUT2D eigenvalue weighted by Crippen LogP contribution is 2.17. The highest BCUT2D eigenvalue weighted by atomic mass is 16.1. The lowest BCUT2D eigenvalue weighted by molar-refractivity contribution is -0.120. The molecule has 0 rings (SSSR count). The summed E-state index contributed by atoms with van der Waals surface area (Å²) >= 11 is 0. The molecule has 0 aliphatic carbocycles. The quantitative estimate of drug-likeness (QED) is 0.615. The van der Waals surface area contributed by atoms with Crippen LogP contribution in [-0.2, 0) is 4.79 Å². The van der Waals surface area contributed by atoms with Crippen LogP contribution in [0.1, 0.15) is 53.9 Å². The first kappa shape index (κ1) is 12.7. The standard InChI is InChI=1S/C12H24O/c1-9(2)8-12(13)7-6-11(5)10(3)4/h9-11H,6-8H2,1-5H3. The maximum Gasteiger partial charge on any atom is 0.133 e. The van der Waals surface area contributed by atoms with Gasteiger partial charge in [-0.05, 0) is 24.2 Å². The van der Waals surface area contributed by atoms with Gasteiger partial charge in [0, 0.05) is 12.8 Å². The Labute approximate surface area is 82.9 Å². The molecule has 0 fully saturated rings. The van der Waals surface area contributed by atoms with E-state index < -0.39 is 0 Å². The monoisotopic (exact) mass is 184 g/mol. The van der Waals surface area contributed by atoms with Crippen molar-refractivity contribution in [1.29, 1.82) is 0 Å². The molecule has 0 bridgehead atoms. The van der Waals surface area contributed by atoms with E-state index >= 15 is 0 Å². The van der Waals surface area contributed by atoms with E-state index in [1.165, 1.54) is 0 Å². The van der Waals surface area contributed by atoms with Gasteiger partial charge in [0.25, 0.3) is 0 Å². The molecule has 0 saturated heterocycles. The molecule has 0 radical (unpaired) electrons. The van der Waals surface area contributed by atoms with Crippen molar-refractivity contribution in [3.8, 4) is 0 Å². The van der Waals surface area contributed by atoms with Crippen LogP contribution in [-0.4, -0.2) is 5.78 Å². The Morgan fingerprint density at radius 3 is 2.00 bits per heavy atom. The summed E-state index contributed by atoms with van der Waals surface area (Å²) in [6.07, 6.45) is 2.59. The van der Waals surface area contributed by atoms with Crippen LogP contribution in [0.25, 0.3) is 0 Å². The highest BCUT2D eigenvalue weighted by molar-refractivity contribution is 5.78. The average molecular weight is 184 g/mol. The van der Waals surface area contributed by atoms with Gasteiger partial charge in [0.1, 0.15) is 5.78 Å². The molecule has 0 amide bonds. The maximum absolute atomic E-state index is 11.4. The van der Waals surface area contributed by atoms with Crippen molar-refractivity contribution in [2.75, 3.05) is 0 Å². The smallest absolute Gasteiger partial charge is 0.133 e. The molecule has 0 N–H and O–H groups in total. The van der Waals surface area contributed by atoms with Crippen molar-refractivity contribution < 1.29 is 4.79 Å². The minimum Gasteiger partial charge on any atom is -0.300 e. The molecule has 1 unspecified atom stereocenters. The summed E-state index contributed by atoms with van der Waals surface area (Å²) in [6, 6.07) is 0. The van der Waals surface area contributed by atoms with Gasteiger partial charge in [0.2, 0.25) is 0 Å². The van der Waals surface area contributed by atoms with E-state index in [0.29, 0.717) is 23.5 Å². The minimum absolute atomic E-state index is 0.433. The second-order valence-corrected chi connectivity index (χ2v) is 4.90. The number of Topliss-reactive ketones (excluding diaryl/α,β-unsaturated/α-hetero) is 1. The fourth-order valence-corrected chi connectivity index (χ4v) is 1.28. The lowest BCUT2D eigenvalue weighted by Crippen LogP contribution is -2.09. The van der Waals surface area contributed by atoms with E-state index in [1.807, 2.05) is 0 Å². The lowest BCUT2D eigenvalue weighted by atomic mass is 9.91. The topological polar surface area (TPSA) is 17.1 Å². The Bertz CT molecular complexity index is 147. The molecule has 1 atom stereocenters. The summed E-state index contributed by atoms with van der Waals surface area (Å²) in [4.78, 5) is 11.4. The van der Waals surface area contributed by atoms with Gasteiger partial charge in [-0.2, -0.15) is 0 Å². The maximum atomic E-state index is 11.4. The van der Waals surface area contributed by atoms with E-state index in [9.17, 15) is 4.79 Å². The molecule has 0 aromatic carbocycles. The van der Waals surface area contributed by atoms with E-state index in [2.05, 4.69) is 34.6 Å². The SMILES string of the molecule is CC(C)CC(=O)CCC(C)C(C)C. The zero-order chi connectivity index (χ0) is 10.4. The van der Waals surface area contributed by atoms with Gasteiger partial charge >= 0.3 is 0 Å². The van der Waals surface area contributed by atoms with Gasteiger partial charge in [-0.25, -0.2) is 0 Å². The number of ketones is 1. The molecule has 0 heterocycles. The molecule has 0 aliphatic rings. The van der Waals surface area contributed by atoms with E-state index in [-0.39, 0.29) is 0 Å². The summed E-state index contributed by atoms with van der Waals surface area (Å²) in [7, 11) is 0. The predicted octanol–water partition coefficient (Wildman–Crippen LogP) is 3.67.